The quantitative estimate of drug-likeness (QED) is 0.807. The minimum Gasteiger partial charge on any atom is -0.350 e. The zero-order valence-electron chi connectivity index (χ0n) is 12.1. The van der Waals surface area contributed by atoms with Crippen LogP contribution in [0.1, 0.15) is 25.7 Å². The molecule has 0 unspecified atom stereocenters. The van der Waals surface area contributed by atoms with Crippen LogP contribution in [0, 0.1) is 0 Å². The van der Waals surface area contributed by atoms with Gasteiger partial charge in [0.2, 0.25) is 5.95 Å². The molecule has 0 amide bonds. The van der Waals surface area contributed by atoms with Crippen LogP contribution >= 0.6 is 15.9 Å². The van der Waals surface area contributed by atoms with Crippen molar-refractivity contribution in [1.82, 2.24) is 14.6 Å². The van der Waals surface area contributed by atoms with E-state index in [1.165, 1.54) is 0 Å². The minimum atomic E-state index is -3.37. The summed E-state index contributed by atoms with van der Waals surface area (Å²) in [5.41, 5.74) is 0.913. The van der Waals surface area contributed by atoms with E-state index in [-0.39, 0.29) is 12.1 Å². The Morgan fingerprint density at radius 1 is 1.36 bits per heavy atom. The normalized spacial score (nSPS) is 22.8. The molecule has 2 aromatic rings. The van der Waals surface area contributed by atoms with Crippen LogP contribution in [-0.4, -0.2) is 41.4 Å². The van der Waals surface area contributed by atoms with Crippen LogP contribution in [0.15, 0.2) is 22.9 Å². The van der Waals surface area contributed by atoms with Crippen LogP contribution in [0.25, 0.3) is 5.52 Å². The molecule has 0 saturated heterocycles. The van der Waals surface area contributed by atoms with Crippen molar-refractivity contribution in [1.29, 1.82) is 0 Å². The van der Waals surface area contributed by atoms with E-state index in [1.807, 2.05) is 12.3 Å². The molecule has 22 heavy (non-hydrogen) atoms. The van der Waals surface area contributed by atoms with E-state index in [0.717, 1.165) is 29.1 Å². The fraction of sp³-hybridized carbons (Fsp3) is 0.538. The summed E-state index contributed by atoms with van der Waals surface area (Å²) in [6, 6.07) is 2.15. The third-order valence-corrected chi connectivity index (χ3v) is 4.98. The highest BCUT2D eigenvalue weighted by Gasteiger charge is 2.24. The molecule has 0 bridgehead atoms. The number of fused-ring (bicyclic) bond motifs is 1. The topological polar surface area (TPSA) is 85.6 Å². The molecular weight excluding hydrogens is 372 g/mol. The lowest BCUT2D eigenvalue weighted by Crippen LogP contribution is -2.31. The van der Waals surface area contributed by atoms with Crippen molar-refractivity contribution in [3.8, 4) is 0 Å². The van der Waals surface area contributed by atoms with Gasteiger partial charge in [0.1, 0.15) is 0 Å². The van der Waals surface area contributed by atoms with E-state index in [2.05, 4.69) is 31.3 Å². The number of nitrogens with zero attached hydrogens (tertiary/aromatic N) is 3. The van der Waals surface area contributed by atoms with Gasteiger partial charge in [-0.3, -0.25) is 4.18 Å². The van der Waals surface area contributed by atoms with E-state index >= 15 is 0 Å². The van der Waals surface area contributed by atoms with Crippen molar-refractivity contribution in [3.05, 3.63) is 22.9 Å². The second kappa shape index (κ2) is 6.13. The second-order valence-electron chi connectivity index (χ2n) is 5.49. The molecular formula is C13H17BrN4O3S. The van der Waals surface area contributed by atoms with Crippen LogP contribution in [0.5, 0.6) is 0 Å². The van der Waals surface area contributed by atoms with Gasteiger partial charge >= 0.3 is 0 Å². The lowest BCUT2D eigenvalue weighted by atomic mass is 9.93. The molecule has 1 aliphatic rings. The smallest absolute Gasteiger partial charge is 0.264 e. The van der Waals surface area contributed by atoms with Crippen molar-refractivity contribution >= 4 is 37.5 Å². The zero-order chi connectivity index (χ0) is 15.7. The third kappa shape index (κ3) is 3.76. The predicted molar refractivity (Wildman–Crippen MR) is 86.3 cm³/mol. The SMILES string of the molecule is CS(=O)(=O)O[C@H]1CC[C@@H](Nc2ncc3c(Br)ccn3n2)CC1. The molecule has 2 aromatic heterocycles. The first kappa shape index (κ1) is 15.7. The van der Waals surface area contributed by atoms with Crippen LogP contribution in [0.4, 0.5) is 5.95 Å². The lowest BCUT2D eigenvalue weighted by molar-refractivity contribution is 0.158. The highest BCUT2D eigenvalue weighted by molar-refractivity contribution is 9.10. The number of hydrogen-bond donors (Lipinski definition) is 1. The Morgan fingerprint density at radius 2 is 2.09 bits per heavy atom. The number of nitrogens with one attached hydrogen (secondary N) is 1. The number of halogens is 1. The molecule has 0 spiro atoms. The largest absolute Gasteiger partial charge is 0.350 e. The fourth-order valence-corrected chi connectivity index (χ4v) is 3.76. The Labute approximate surface area is 137 Å². The third-order valence-electron chi connectivity index (χ3n) is 3.68. The van der Waals surface area contributed by atoms with Crippen molar-refractivity contribution in [2.24, 2.45) is 0 Å². The van der Waals surface area contributed by atoms with Gasteiger partial charge in [0, 0.05) is 16.7 Å². The van der Waals surface area contributed by atoms with E-state index < -0.39 is 10.1 Å². The summed E-state index contributed by atoms with van der Waals surface area (Å²) < 4.78 is 30.0. The van der Waals surface area contributed by atoms with Crippen molar-refractivity contribution in [2.45, 2.75) is 37.8 Å². The number of hydrogen-bond acceptors (Lipinski definition) is 6. The van der Waals surface area contributed by atoms with Gasteiger partial charge in [-0.2, -0.15) is 8.42 Å². The maximum atomic E-state index is 11.1. The molecule has 0 radical (unpaired) electrons. The maximum Gasteiger partial charge on any atom is 0.264 e. The van der Waals surface area contributed by atoms with Gasteiger partial charge in [-0.25, -0.2) is 9.50 Å². The summed E-state index contributed by atoms with van der Waals surface area (Å²) >= 11 is 3.44. The van der Waals surface area contributed by atoms with Gasteiger partial charge < -0.3 is 5.32 Å². The molecule has 2 heterocycles. The summed E-state index contributed by atoms with van der Waals surface area (Å²) in [6.07, 6.45) is 7.59. The van der Waals surface area contributed by atoms with Gasteiger partial charge in [0.25, 0.3) is 10.1 Å². The van der Waals surface area contributed by atoms with Crippen molar-refractivity contribution in [2.75, 3.05) is 11.6 Å². The molecule has 9 heteroatoms. The highest BCUT2D eigenvalue weighted by atomic mass is 79.9. The first-order valence-corrected chi connectivity index (χ1v) is 9.66. The summed E-state index contributed by atoms with van der Waals surface area (Å²) in [5, 5.41) is 7.71. The molecule has 0 aliphatic heterocycles. The van der Waals surface area contributed by atoms with E-state index in [9.17, 15) is 8.42 Å². The fourth-order valence-electron chi connectivity index (χ4n) is 2.67. The molecule has 1 N–H and O–H groups in total. The van der Waals surface area contributed by atoms with Gasteiger partial charge in [0.15, 0.2) is 0 Å². The Bertz CT molecular complexity index is 769. The number of aromatic nitrogens is 3. The number of rotatable bonds is 4. The van der Waals surface area contributed by atoms with Crippen molar-refractivity contribution in [3.63, 3.8) is 0 Å². The molecule has 0 aromatic carbocycles. The average molecular weight is 389 g/mol. The highest BCUT2D eigenvalue weighted by Crippen LogP contribution is 2.24. The van der Waals surface area contributed by atoms with Crippen molar-refractivity contribution < 1.29 is 12.6 Å². The molecule has 1 saturated carbocycles. The van der Waals surface area contributed by atoms with Crippen LogP contribution in [0.3, 0.4) is 0 Å². The first-order chi connectivity index (χ1) is 10.4. The second-order valence-corrected chi connectivity index (χ2v) is 7.95. The van der Waals surface area contributed by atoms with E-state index in [1.54, 1.807) is 10.7 Å². The average Bonchev–Trinajstić information content (AvgIpc) is 2.81. The molecule has 1 fully saturated rings. The van der Waals surface area contributed by atoms with Gasteiger partial charge in [-0.15, -0.1) is 5.10 Å². The molecule has 1 aliphatic carbocycles. The number of anilines is 1. The van der Waals surface area contributed by atoms with Crippen LogP contribution in [-0.2, 0) is 14.3 Å². The Kier molecular flexibility index (Phi) is 4.37. The Morgan fingerprint density at radius 3 is 2.77 bits per heavy atom. The summed E-state index contributed by atoms with van der Waals surface area (Å²) in [6.45, 7) is 0. The van der Waals surface area contributed by atoms with Gasteiger partial charge in [-0.1, -0.05) is 0 Å². The van der Waals surface area contributed by atoms with Crippen LogP contribution in [0.2, 0.25) is 0 Å². The maximum absolute atomic E-state index is 11.1. The first-order valence-electron chi connectivity index (χ1n) is 7.05. The van der Waals surface area contributed by atoms with Gasteiger partial charge in [-0.05, 0) is 47.7 Å². The zero-order valence-corrected chi connectivity index (χ0v) is 14.5. The Balaban J connectivity index is 1.59. The van der Waals surface area contributed by atoms with Crippen LogP contribution < -0.4 is 5.32 Å². The van der Waals surface area contributed by atoms with Gasteiger partial charge in [0.05, 0.1) is 24.1 Å². The Hall–Kier alpha value is -1.19. The minimum absolute atomic E-state index is 0.211. The predicted octanol–water partition coefficient (Wildman–Crippen LogP) is 2.19. The van der Waals surface area contributed by atoms with E-state index in [0.29, 0.717) is 18.8 Å². The molecule has 0 atom stereocenters. The van der Waals surface area contributed by atoms with E-state index in [4.69, 9.17) is 4.18 Å². The summed E-state index contributed by atoms with van der Waals surface area (Å²) in [4.78, 5) is 4.31. The molecule has 120 valence electrons. The standard InChI is InChI=1S/C13H17BrN4O3S/c1-22(19,20)21-10-4-2-9(3-5-10)16-13-15-8-12-11(14)6-7-18(12)17-13/h6-10H,2-5H2,1H3,(H,16,17)/t9-,10+. The lowest BCUT2D eigenvalue weighted by Gasteiger charge is -2.28. The summed E-state index contributed by atoms with van der Waals surface area (Å²) in [7, 11) is -3.37. The molecule has 3 rings (SSSR count). The molecule has 7 nitrogen and oxygen atoms in total. The summed E-state index contributed by atoms with van der Waals surface area (Å²) in [5.74, 6) is 0.572. The monoisotopic (exact) mass is 388 g/mol.